The summed E-state index contributed by atoms with van der Waals surface area (Å²) in [7, 11) is -0.921. The largest absolute Gasteiger partial charge is 0.392 e. The van der Waals surface area contributed by atoms with E-state index in [9.17, 15) is 9.32 Å². The van der Waals surface area contributed by atoms with Gasteiger partial charge < -0.3 is 5.11 Å². The number of aliphatic hydroxyl groups excluding tert-OH is 1. The summed E-state index contributed by atoms with van der Waals surface area (Å²) in [6.07, 6.45) is 2.49. The van der Waals surface area contributed by atoms with Crippen molar-refractivity contribution in [3.63, 3.8) is 0 Å². The molecule has 13 heavy (non-hydrogen) atoms. The molecular weight excluding hydrogens is 184 g/mol. The molecule has 0 saturated carbocycles. The second kappa shape index (κ2) is 5.76. The summed E-state index contributed by atoms with van der Waals surface area (Å²) in [6.45, 7) is 7.91. The minimum atomic E-state index is -0.921. The van der Waals surface area contributed by atoms with Crippen molar-refractivity contribution in [1.82, 2.24) is 0 Å². The standard InChI is InChI=1S/C10H22O2S/c1-5-6-7-9(11)8-13(12)10(2,3)4/h9,11H,5-8H2,1-4H3. The first-order valence-corrected chi connectivity index (χ1v) is 6.26. The van der Waals surface area contributed by atoms with Crippen LogP contribution in [0.5, 0.6) is 0 Å². The van der Waals surface area contributed by atoms with E-state index < -0.39 is 10.8 Å². The van der Waals surface area contributed by atoms with Gasteiger partial charge >= 0.3 is 0 Å². The maximum atomic E-state index is 11.6. The van der Waals surface area contributed by atoms with Crippen molar-refractivity contribution in [3.8, 4) is 0 Å². The Balaban J connectivity index is 3.79. The average molecular weight is 206 g/mol. The van der Waals surface area contributed by atoms with Gasteiger partial charge in [-0.2, -0.15) is 0 Å². The van der Waals surface area contributed by atoms with Crippen molar-refractivity contribution in [2.24, 2.45) is 0 Å². The molecule has 0 aromatic rings. The van der Waals surface area contributed by atoms with Gasteiger partial charge in [0.25, 0.3) is 0 Å². The van der Waals surface area contributed by atoms with Crippen LogP contribution in [0, 0.1) is 0 Å². The lowest BCUT2D eigenvalue weighted by atomic mass is 10.2. The van der Waals surface area contributed by atoms with Crippen LogP contribution in [-0.2, 0) is 10.8 Å². The number of unbranched alkanes of at least 4 members (excludes halogenated alkanes) is 1. The van der Waals surface area contributed by atoms with Crippen molar-refractivity contribution in [3.05, 3.63) is 0 Å². The van der Waals surface area contributed by atoms with Gasteiger partial charge in [-0.3, -0.25) is 4.21 Å². The van der Waals surface area contributed by atoms with E-state index in [4.69, 9.17) is 0 Å². The number of hydrogen-bond donors (Lipinski definition) is 1. The Kier molecular flexibility index (Phi) is 5.81. The van der Waals surface area contributed by atoms with Gasteiger partial charge in [-0.1, -0.05) is 19.8 Å². The van der Waals surface area contributed by atoms with Crippen molar-refractivity contribution in [2.45, 2.75) is 57.8 Å². The molecule has 0 aromatic heterocycles. The van der Waals surface area contributed by atoms with Gasteiger partial charge in [0.1, 0.15) is 0 Å². The van der Waals surface area contributed by atoms with Crippen molar-refractivity contribution in [1.29, 1.82) is 0 Å². The second-order valence-electron chi connectivity index (χ2n) is 4.42. The zero-order valence-corrected chi connectivity index (χ0v) is 9.99. The van der Waals surface area contributed by atoms with E-state index in [1.54, 1.807) is 0 Å². The fourth-order valence-corrected chi connectivity index (χ4v) is 1.96. The first kappa shape index (κ1) is 13.1. The summed E-state index contributed by atoms with van der Waals surface area (Å²) in [5, 5.41) is 9.52. The Hall–Kier alpha value is 0.110. The molecule has 0 bridgehead atoms. The lowest BCUT2D eigenvalue weighted by Crippen LogP contribution is -2.29. The minimum Gasteiger partial charge on any atom is -0.392 e. The number of aliphatic hydroxyl groups is 1. The molecule has 2 unspecified atom stereocenters. The fraction of sp³-hybridized carbons (Fsp3) is 1.00. The molecule has 0 aliphatic heterocycles. The van der Waals surface area contributed by atoms with Crippen LogP contribution in [0.3, 0.4) is 0 Å². The van der Waals surface area contributed by atoms with E-state index in [1.165, 1.54) is 0 Å². The van der Waals surface area contributed by atoms with Gasteiger partial charge in [0.15, 0.2) is 0 Å². The Bertz CT molecular complexity index is 161. The molecule has 0 heterocycles. The first-order chi connectivity index (χ1) is 5.88. The van der Waals surface area contributed by atoms with Crippen LogP contribution in [0.1, 0.15) is 47.0 Å². The molecule has 2 atom stereocenters. The highest BCUT2D eigenvalue weighted by atomic mass is 32.2. The average Bonchev–Trinajstić information content (AvgIpc) is 1.99. The van der Waals surface area contributed by atoms with Crippen LogP contribution in [0.25, 0.3) is 0 Å². The molecular formula is C10H22O2S. The van der Waals surface area contributed by atoms with E-state index in [1.807, 2.05) is 20.8 Å². The smallest absolute Gasteiger partial charge is 0.0655 e. The van der Waals surface area contributed by atoms with Crippen molar-refractivity contribution >= 4 is 10.8 Å². The van der Waals surface area contributed by atoms with Gasteiger partial charge in [-0.15, -0.1) is 0 Å². The normalized spacial score (nSPS) is 17.0. The summed E-state index contributed by atoms with van der Waals surface area (Å²) >= 11 is 0. The topological polar surface area (TPSA) is 37.3 Å². The van der Waals surface area contributed by atoms with Crippen molar-refractivity contribution in [2.75, 3.05) is 5.75 Å². The van der Waals surface area contributed by atoms with Crippen LogP contribution >= 0.6 is 0 Å². The van der Waals surface area contributed by atoms with Crippen LogP contribution in [-0.4, -0.2) is 25.9 Å². The molecule has 0 aliphatic carbocycles. The Morgan fingerprint density at radius 2 is 1.92 bits per heavy atom. The maximum Gasteiger partial charge on any atom is 0.0655 e. The van der Waals surface area contributed by atoms with Gasteiger partial charge in [0.2, 0.25) is 0 Å². The third-order valence-corrected chi connectivity index (χ3v) is 3.97. The van der Waals surface area contributed by atoms with E-state index in [0.717, 1.165) is 19.3 Å². The molecule has 0 spiro atoms. The van der Waals surface area contributed by atoms with Gasteiger partial charge in [-0.25, -0.2) is 0 Å². The predicted octanol–water partition coefficient (Wildman–Crippen LogP) is 2.08. The monoisotopic (exact) mass is 206 g/mol. The first-order valence-electron chi connectivity index (χ1n) is 4.94. The van der Waals surface area contributed by atoms with Crippen LogP contribution in [0.2, 0.25) is 0 Å². The predicted molar refractivity (Wildman–Crippen MR) is 58.3 cm³/mol. The Morgan fingerprint density at radius 1 is 1.38 bits per heavy atom. The fourth-order valence-electron chi connectivity index (χ4n) is 0.948. The van der Waals surface area contributed by atoms with Gasteiger partial charge in [-0.05, 0) is 27.2 Å². The molecule has 1 N–H and O–H groups in total. The lowest BCUT2D eigenvalue weighted by molar-refractivity contribution is 0.184. The maximum absolute atomic E-state index is 11.6. The van der Waals surface area contributed by atoms with Crippen LogP contribution in [0.15, 0.2) is 0 Å². The third-order valence-electron chi connectivity index (χ3n) is 1.92. The molecule has 2 nitrogen and oxygen atoms in total. The molecule has 0 rings (SSSR count). The molecule has 0 saturated heterocycles. The molecule has 0 amide bonds. The molecule has 80 valence electrons. The lowest BCUT2D eigenvalue weighted by Gasteiger charge is -2.19. The highest BCUT2D eigenvalue weighted by Crippen LogP contribution is 2.13. The summed E-state index contributed by atoms with van der Waals surface area (Å²) in [5.74, 6) is 0.420. The molecule has 0 aliphatic rings. The SMILES string of the molecule is CCCCC(O)CS(=O)C(C)(C)C. The van der Waals surface area contributed by atoms with Crippen LogP contribution < -0.4 is 0 Å². The van der Waals surface area contributed by atoms with Gasteiger partial charge in [0, 0.05) is 15.5 Å². The van der Waals surface area contributed by atoms with E-state index >= 15 is 0 Å². The highest BCUT2D eigenvalue weighted by Gasteiger charge is 2.21. The molecule has 3 heteroatoms. The van der Waals surface area contributed by atoms with Crippen LogP contribution in [0.4, 0.5) is 0 Å². The number of rotatable bonds is 5. The van der Waals surface area contributed by atoms with Crippen molar-refractivity contribution < 1.29 is 9.32 Å². The minimum absolute atomic E-state index is 0.201. The molecule has 0 fully saturated rings. The van der Waals surface area contributed by atoms with E-state index in [-0.39, 0.29) is 10.9 Å². The third kappa shape index (κ3) is 6.22. The Labute approximate surface area is 84.2 Å². The number of hydrogen-bond acceptors (Lipinski definition) is 2. The zero-order valence-electron chi connectivity index (χ0n) is 9.17. The van der Waals surface area contributed by atoms with E-state index in [2.05, 4.69) is 6.92 Å². The summed E-state index contributed by atoms with van der Waals surface area (Å²) in [4.78, 5) is 0. The molecule has 0 aromatic carbocycles. The zero-order chi connectivity index (χ0) is 10.5. The second-order valence-corrected chi connectivity index (χ2v) is 6.67. The highest BCUT2D eigenvalue weighted by molar-refractivity contribution is 7.86. The Morgan fingerprint density at radius 3 is 2.31 bits per heavy atom. The van der Waals surface area contributed by atoms with E-state index in [0.29, 0.717) is 5.75 Å². The van der Waals surface area contributed by atoms with Gasteiger partial charge in [0.05, 0.1) is 11.9 Å². The quantitative estimate of drug-likeness (QED) is 0.748. The summed E-state index contributed by atoms with van der Waals surface area (Å²) < 4.78 is 11.4. The summed E-state index contributed by atoms with van der Waals surface area (Å²) in [6, 6.07) is 0. The molecule has 0 radical (unpaired) electrons. The summed E-state index contributed by atoms with van der Waals surface area (Å²) in [5.41, 5.74) is 0.